The summed E-state index contributed by atoms with van der Waals surface area (Å²) in [5.74, 6) is -5.55. The average Bonchev–Trinajstić information content (AvgIpc) is 3.33. The van der Waals surface area contributed by atoms with Crippen LogP contribution in [-0.2, 0) is 46.4 Å². The van der Waals surface area contributed by atoms with Crippen molar-refractivity contribution < 1.29 is 33.6 Å². The molecule has 4 aromatic carbocycles. The summed E-state index contributed by atoms with van der Waals surface area (Å²) < 4.78 is 0. The second kappa shape index (κ2) is 27.0. The fourth-order valence-corrected chi connectivity index (χ4v) is 8.47. The Bertz CT molecular complexity index is 2610. The molecule has 0 bridgehead atoms. The molecule has 7 amide bonds. The van der Waals surface area contributed by atoms with Crippen molar-refractivity contribution in [3.05, 3.63) is 96.1 Å². The van der Waals surface area contributed by atoms with E-state index in [1.807, 2.05) is 113 Å². The maximum absolute atomic E-state index is 14.7. The van der Waals surface area contributed by atoms with Gasteiger partial charge in [-0.1, -0.05) is 113 Å². The molecule has 20 heteroatoms. The molecule has 0 radical (unpaired) electrons. The summed E-state index contributed by atoms with van der Waals surface area (Å²) in [6.07, 6.45) is 0.780. The Balaban J connectivity index is 1.57. The standard InChI is InChI=1S/C52H71N13O7/c1-30(2)23-40-48(70)61-39(16-10-22-58-52(55)56)47(69)65-43(28-33-18-20-35-12-6-8-14-37(35)26-33)50(72)63-41(24-31(3)4)49(71)62-38(15-9-21-57-51(53)54)46(68)64-42(45(67)59-29-44(66)60-40)27-32-17-19-34-11-5-7-13-36(34)25-32/h5-8,11-14,17-20,25-26,30-31,38-43H,9-10,15-16,21-24,27-29H2,1-4H3,(H,59,67)(H,60,66)(H,61,70)(H,62,71)(H,63,72)(H,64,68)(H,65,69)(H4,53,54,57)(H4,55,56,58)/t38-,39-,40-,41-,42-,43-/m0/s1. The molecule has 5 rings (SSSR count). The Kier molecular flexibility index (Phi) is 20.7. The number of carbonyl (C=O) groups is 7. The van der Waals surface area contributed by atoms with E-state index in [-0.39, 0.29) is 88.2 Å². The van der Waals surface area contributed by atoms with E-state index in [2.05, 4.69) is 47.2 Å². The van der Waals surface area contributed by atoms with Crippen LogP contribution in [0.25, 0.3) is 21.5 Å². The lowest BCUT2D eigenvalue weighted by atomic mass is 9.98. The zero-order valence-electron chi connectivity index (χ0n) is 41.5. The number of nitrogens with zero attached hydrogens (tertiary/aromatic N) is 2. The topological polar surface area (TPSA) is 332 Å². The van der Waals surface area contributed by atoms with Crippen molar-refractivity contribution in [2.24, 2.45) is 44.8 Å². The first kappa shape index (κ1) is 55.2. The van der Waals surface area contributed by atoms with Crippen LogP contribution in [0.5, 0.6) is 0 Å². The normalized spacial score (nSPS) is 21.1. The van der Waals surface area contributed by atoms with Gasteiger partial charge in [0.2, 0.25) is 41.4 Å². The summed E-state index contributed by atoms with van der Waals surface area (Å²) in [5.41, 5.74) is 23.7. The van der Waals surface area contributed by atoms with Gasteiger partial charge in [0.25, 0.3) is 0 Å². The molecule has 0 unspecified atom stereocenters. The largest absolute Gasteiger partial charge is 0.370 e. The van der Waals surface area contributed by atoms with Crippen molar-refractivity contribution in [1.82, 2.24) is 37.2 Å². The summed E-state index contributed by atoms with van der Waals surface area (Å²) in [7, 11) is 0. The molecule has 0 aromatic heterocycles. The molecular weight excluding hydrogens is 919 g/mol. The molecule has 15 N–H and O–H groups in total. The van der Waals surface area contributed by atoms with Crippen LogP contribution in [0.2, 0.25) is 0 Å². The smallest absolute Gasteiger partial charge is 0.243 e. The average molecular weight is 990 g/mol. The number of fused-ring (bicyclic) bond motifs is 2. The summed E-state index contributed by atoms with van der Waals surface area (Å²) in [6.45, 7) is 7.11. The molecule has 4 aromatic rings. The van der Waals surface area contributed by atoms with Crippen LogP contribution >= 0.6 is 0 Å². The number of aliphatic imine (C=N–C) groups is 2. The molecule has 0 saturated carbocycles. The van der Waals surface area contributed by atoms with Crippen molar-refractivity contribution in [2.45, 2.75) is 115 Å². The Labute approximate surface area is 420 Å². The second-order valence-electron chi connectivity index (χ2n) is 19.1. The van der Waals surface area contributed by atoms with Crippen molar-refractivity contribution in [3.8, 4) is 0 Å². The quantitative estimate of drug-likeness (QED) is 0.0428. The third-order valence-corrected chi connectivity index (χ3v) is 12.1. The van der Waals surface area contributed by atoms with Crippen LogP contribution in [0.1, 0.15) is 77.3 Å². The first-order valence-electron chi connectivity index (χ1n) is 24.5. The van der Waals surface area contributed by atoms with E-state index in [1.165, 1.54) is 0 Å². The van der Waals surface area contributed by atoms with E-state index in [4.69, 9.17) is 22.9 Å². The number of guanidine groups is 2. The fraction of sp³-hybridized carbons (Fsp3) is 0.442. The van der Waals surface area contributed by atoms with Gasteiger partial charge in [-0.05, 0) is 83.0 Å². The molecule has 0 aliphatic carbocycles. The molecule has 386 valence electrons. The zero-order valence-corrected chi connectivity index (χ0v) is 41.5. The van der Waals surface area contributed by atoms with Crippen molar-refractivity contribution in [1.29, 1.82) is 0 Å². The lowest BCUT2D eigenvalue weighted by molar-refractivity contribution is -0.135. The highest BCUT2D eigenvalue weighted by Crippen LogP contribution is 2.19. The van der Waals surface area contributed by atoms with E-state index >= 15 is 0 Å². The third-order valence-electron chi connectivity index (χ3n) is 12.1. The van der Waals surface area contributed by atoms with Crippen LogP contribution in [-0.4, -0.2) is 109 Å². The highest BCUT2D eigenvalue weighted by Gasteiger charge is 2.34. The zero-order chi connectivity index (χ0) is 52.3. The van der Waals surface area contributed by atoms with Crippen molar-refractivity contribution in [3.63, 3.8) is 0 Å². The SMILES string of the molecule is CC(C)C[C@@H]1NC(=O)CNC(=O)[C@H](Cc2ccc3ccccc3c2)NC(=O)[C@H](CCCN=C(N)N)NC(=O)[C@H](CC(C)C)NC(=O)[C@H](Cc2ccc3ccccc3c2)NC(=O)[C@H](CCCN=C(N)N)NC1=O. The predicted octanol–water partition coefficient (Wildman–Crippen LogP) is 1.02. The minimum Gasteiger partial charge on any atom is -0.370 e. The maximum Gasteiger partial charge on any atom is 0.243 e. The van der Waals surface area contributed by atoms with Gasteiger partial charge in [-0.25, -0.2) is 0 Å². The van der Waals surface area contributed by atoms with E-state index in [0.717, 1.165) is 21.5 Å². The lowest BCUT2D eigenvalue weighted by Gasteiger charge is -2.28. The van der Waals surface area contributed by atoms with Gasteiger partial charge < -0.3 is 60.2 Å². The molecule has 1 saturated heterocycles. The molecule has 1 aliphatic heterocycles. The Morgan fingerprint density at radius 1 is 0.472 bits per heavy atom. The number of hydrogen-bond donors (Lipinski definition) is 11. The first-order valence-corrected chi connectivity index (χ1v) is 24.5. The monoisotopic (exact) mass is 990 g/mol. The minimum absolute atomic E-state index is 0.00664. The number of carbonyl (C=O) groups excluding carboxylic acids is 7. The molecule has 20 nitrogen and oxygen atoms in total. The van der Waals surface area contributed by atoms with Gasteiger partial charge in [-0.15, -0.1) is 0 Å². The van der Waals surface area contributed by atoms with Gasteiger partial charge in [0.1, 0.15) is 36.3 Å². The van der Waals surface area contributed by atoms with E-state index in [0.29, 0.717) is 11.1 Å². The number of hydrogen-bond acceptors (Lipinski definition) is 9. The fourth-order valence-electron chi connectivity index (χ4n) is 8.47. The second-order valence-corrected chi connectivity index (χ2v) is 19.1. The molecule has 1 heterocycles. The van der Waals surface area contributed by atoms with Gasteiger partial charge in [0.05, 0.1) is 6.54 Å². The summed E-state index contributed by atoms with van der Waals surface area (Å²) in [4.78, 5) is 108. The van der Waals surface area contributed by atoms with Gasteiger partial charge in [0, 0.05) is 25.9 Å². The third kappa shape index (κ3) is 17.6. The first-order chi connectivity index (χ1) is 34.3. The minimum atomic E-state index is -1.29. The highest BCUT2D eigenvalue weighted by atomic mass is 16.2. The number of rotatable bonds is 16. The predicted molar refractivity (Wildman–Crippen MR) is 279 cm³/mol. The lowest BCUT2D eigenvalue weighted by Crippen LogP contribution is -2.60. The van der Waals surface area contributed by atoms with E-state index in [9.17, 15) is 33.6 Å². The number of nitrogens with one attached hydrogen (secondary N) is 7. The van der Waals surface area contributed by atoms with E-state index in [1.54, 1.807) is 0 Å². The van der Waals surface area contributed by atoms with E-state index < -0.39 is 84.1 Å². The van der Waals surface area contributed by atoms with Gasteiger partial charge in [-0.3, -0.25) is 43.5 Å². The molecular formula is C52H71N13O7. The van der Waals surface area contributed by atoms with Crippen molar-refractivity contribution in [2.75, 3.05) is 19.6 Å². The van der Waals surface area contributed by atoms with Crippen LogP contribution in [0.4, 0.5) is 0 Å². The Morgan fingerprint density at radius 3 is 1.26 bits per heavy atom. The number of amides is 7. The number of benzene rings is 4. The van der Waals surface area contributed by atoms with Gasteiger partial charge in [0.15, 0.2) is 11.9 Å². The molecule has 1 aliphatic rings. The Morgan fingerprint density at radius 2 is 0.833 bits per heavy atom. The van der Waals surface area contributed by atoms with Crippen LogP contribution in [0.3, 0.4) is 0 Å². The van der Waals surface area contributed by atoms with Crippen LogP contribution in [0, 0.1) is 11.8 Å². The highest BCUT2D eigenvalue weighted by molar-refractivity contribution is 5.98. The summed E-state index contributed by atoms with van der Waals surface area (Å²) in [6, 6.07) is 19.2. The molecule has 1 fully saturated rings. The van der Waals surface area contributed by atoms with Crippen molar-refractivity contribution >= 4 is 74.8 Å². The number of nitrogens with two attached hydrogens (primary N) is 4. The molecule has 6 atom stereocenters. The summed E-state index contributed by atoms with van der Waals surface area (Å²) >= 11 is 0. The molecule has 72 heavy (non-hydrogen) atoms. The van der Waals surface area contributed by atoms with Gasteiger partial charge in [-0.2, -0.15) is 0 Å². The maximum atomic E-state index is 14.7. The summed E-state index contributed by atoms with van der Waals surface area (Å²) in [5, 5.41) is 23.2. The van der Waals surface area contributed by atoms with Crippen LogP contribution < -0.4 is 60.2 Å². The van der Waals surface area contributed by atoms with Gasteiger partial charge >= 0.3 is 0 Å². The van der Waals surface area contributed by atoms with Crippen LogP contribution in [0.15, 0.2) is 94.9 Å². The Hall–Kier alpha value is -7.77. The molecule has 0 spiro atoms.